The van der Waals surface area contributed by atoms with E-state index in [9.17, 15) is 10.2 Å². The van der Waals surface area contributed by atoms with Crippen molar-refractivity contribution in [2.24, 2.45) is 5.92 Å². The van der Waals surface area contributed by atoms with Crippen LogP contribution >= 0.6 is 0 Å². The van der Waals surface area contributed by atoms with E-state index >= 15 is 0 Å². The highest BCUT2D eigenvalue weighted by molar-refractivity contribution is 5.71. The summed E-state index contributed by atoms with van der Waals surface area (Å²) in [5, 5.41) is 18.5. The zero-order chi connectivity index (χ0) is 9.71. The Balaban J connectivity index is 2.13. The molecule has 2 nitrogen and oxygen atoms in total. The third-order valence-corrected chi connectivity index (χ3v) is 3.26. The first-order chi connectivity index (χ1) is 6.85. The largest absolute Gasteiger partial charge is 0.395 e. The van der Waals surface area contributed by atoms with Crippen molar-refractivity contribution < 1.29 is 10.2 Å². The lowest BCUT2D eigenvalue weighted by molar-refractivity contribution is 0.270. The molecule has 0 saturated heterocycles. The van der Waals surface area contributed by atoms with Crippen LogP contribution in [0.3, 0.4) is 0 Å². The summed E-state index contributed by atoms with van der Waals surface area (Å²) in [6.45, 7) is 0.229. The molecular weight excluding hydrogens is 176 g/mol. The van der Waals surface area contributed by atoms with Crippen LogP contribution in [0.5, 0.6) is 0 Å². The van der Waals surface area contributed by atoms with Crippen molar-refractivity contribution in [1.82, 2.24) is 0 Å². The molecule has 0 heterocycles. The molecule has 3 aliphatic carbocycles. The van der Waals surface area contributed by atoms with Gasteiger partial charge in [-0.1, -0.05) is 18.2 Å². The molecule has 72 valence electrons. The molecule has 0 aromatic heterocycles. The summed E-state index contributed by atoms with van der Waals surface area (Å²) in [5.74, 6) is 0.115. The maximum atomic E-state index is 9.25. The lowest BCUT2D eigenvalue weighted by Gasteiger charge is -2.09. The molecule has 2 N–H and O–H groups in total. The smallest absolute Gasteiger partial charge is 0.0685 e. The number of hydrogen-bond acceptors (Lipinski definition) is 2. The van der Waals surface area contributed by atoms with Gasteiger partial charge in [-0.25, -0.2) is 0 Å². The topological polar surface area (TPSA) is 40.5 Å². The van der Waals surface area contributed by atoms with Crippen molar-refractivity contribution in [2.75, 3.05) is 13.2 Å². The highest BCUT2D eigenvalue weighted by atomic mass is 16.3. The first kappa shape index (κ1) is 8.21. The molecule has 2 bridgehead atoms. The summed E-state index contributed by atoms with van der Waals surface area (Å²) in [6.07, 6.45) is 7.25. The van der Waals surface area contributed by atoms with Gasteiger partial charge in [0.15, 0.2) is 0 Å². The van der Waals surface area contributed by atoms with E-state index in [1.165, 1.54) is 22.3 Å². The van der Waals surface area contributed by atoms with Gasteiger partial charge in [-0.2, -0.15) is 0 Å². The highest BCUT2D eigenvalue weighted by Crippen LogP contribution is 2.50. The van der Waals surface area contributed by atoms with Crippen molar-refractivity contribution in [3.8, 4) is 0 Å². The molecule has 1 atom stereocenters. The summed E-state index contributed by atoms with van der Waals surface area (Å²) in [5.41, 5.74) is 6.10. The average molecular weight is 188 g/mol. The minimum absolute atomic E-state index is 0.0833. The van der Waals surface area contributed by atoms with Crippen LogP contribution < -0.4 is 0 Å². The molecule has 0 fully saturated rings. The van der Waals surface area contributed by atoms with Crippen LogP contribution in [-0.4, -0.2) is 23.4 Å². The van der Waals surface area contributed by atoms with Crippen molar-refractivity contribution in [3.63, 3.8) is 0 Å². The molecule has 0 aliphatic heterocycles. The van der Waals surface area contributed by atoms with Crippen LogP contribution in [0.15, 0.2) is 46.1 Å². The van der Waals surface area contributed by atoms with E-state index in [0.717, 1.165) is 12.0 Å². The first-order valence-corrected chi connectivity index (χ1v) is 4.92. The molecule has 1 unspecified atom stereocenters. The zero-order valence-electron chi connectivity index (χ0n) is 7.83. The Labute approximate surface area is 82.6 Å². The third-order valence-electron chi connectivity index (χ3n) is 3.26. The third kappa shape index (κ3) is 0.825. The molecule has 2 heteroatoms. The maximum absolute atomic E-state index is 9.25. The summed E-state index contributed by atoms with van der Waals surface area (Å²) in [6, 6.07) is 0. The Morgan fingerprint density at radius 3 is 2.71 bits per heavy atom. The maximum Gasteiger partial charge on any atom is 0.0685 e. The van der Waals surface area contributed by atoms with Gasteiger partial charge in [-0.05, 0) is 34.3 Å². The quantitative estimate of drug-likeness (QED) is 0.681. The van der Waals surface area contributed by atoms with E-state index in [4.69, 9.17) is 0 Å². The first-order valence-electron chi connectivity index (χ1n) is 4.92. The molecule has 0 saturated carbocycles. The highest BCUT2D eigenvalue weighted by Gasteiger charge is 2.36. The fourth-order valence-electron chi connectivity index (χ4n) is 2.70. The van der Waals surface area contributed by atoms with Crippen LogP contribution in [0.25, 0.3) is 0 Å². The van der Waals surface area contributed by atoms with Gasteiger partial charge < -0.3 is 10.2 Å². The fraction of sp³-hybridized carbons (Fsp3) is 0.333. The van der Waals surface area contributed by atoms with E-state index in [-0.39, 0.29) is 19.1 Å². The van der Waals surface area contributed by atoms with Crippen molar-refractivity contribution in [1.29, 1.82) is 0 Å². The summed E-state index contributed by atoms with van der Waals surface area (Å²) in [4.78, 5) is 0. The normalized spacial score (nSPS) is 27.9. The molecule has 14 heavy (non-hydrogen) atoms. The Morgan fingerprint density at radius 1 is 1.21 bits per heavy atom. The Bertz CT molecular complexity index is 422. The number of aliphatic hydroxyl groups is 2. The summed E-state index contributed by atoms with van der Waals surface area (Å²) in [7, 11) is 0. The fourth-order valence-corrected chi connectivity index (χ4v) is 2.70. The lowest BCUT2D eigenvalue weighted by Crippen LogP contribution is -2.04. The molecule has 0 aromatic rings. The van der Waals surface area contributed by atoms with Gasteiger partial charge in [0.05, 0.1) is 13.2 Å². The lowest BCUT2D eigenvalue weighted by atomic mass is 9.96. The molecule has 3 aliphatic rings. The van der Waals surface area contributed by atoms with Crippen LogP contribution in [0, 0.1) is 5.92 Å². The van der Waals surface area contributed by atoms with Gasteiger partial charge in [0.2, 0.25) is 0 Å². The monoisotopic (exact) mass is 188 g/mol. The minimum atomic E-state index is 0.0833. The second-order valence-electron chi connectivity index (χ2n) is 3.99. The second kappa shape index (κ2) is 2.69. The van der Waals surface area contributed by atoms with Crippen molar-refractivity contribution >= 4 is 0 Å². The Hall–Kier alpha value is -1.12. The zero-order valence-corrected chi connectivity index (χ0v) is 7.83. The minimum Gasteiger partial charge on any atom is -0.395 e. The average Bonchev–Trinajstić information content (AvgIpc) is 2.88. The Morgan fingerprint density at radius 2 is 2.00 bits per heavy atom. The number of hydrogen-bond donors (Lipinski definition) is 2. The van der Waals surface area contributed by atoms with E-state index < -0.39 is 0 Å². The van der Waals surface area contributed by atoms with Gasteiger partial charge in [0, 0.05) is 5.92 Å². The molecule has 0 radical (unpaired) electrons. The van der Waals surface area contributed by atoms with E-state index in [0.29, 0.717) is 0 Å². The number of fused-ring (bicyclic) bond motifs is 4. The van der Waals surface area contributed by atoms with Crippen molar-refractivity contribution in [3.05, 3.63) is 46.1 Å². The second-order valence-corrected chi connectivity index (χ2v) is 3.99. The molecule has 3 rings (SSSR count). The van der Waals surface area contributed by atoms with E-state index in [1.807, 2.05) is 6.08 Å². The standard InChI is InChI=1S/C12H12O2/c13-5-9-4-10(6-14)12-8-2-1-7(3-8)11(9)12/h1-2,4,9,13-14H,3,5-6H2. The summed E-state index contributed by atoms with van der Waals surface area (Å²) >= 11 is 0. The predicted molar refractivity (Wildman–Crippen MR) is 53.6 cm³/mol. The number of allylic oxidation sites excluding steroid dienone is 4. The number of aliphatic hydroxyl groups excluding tert-OH is 2. The molecule has 0 amide bonds. The van der Waals surface area contributed by atoms with Crippen molar-refractivity contribution in [2.45, 2.75) is 6.42 Å². The van der Waals surface area contributed by atoms with Crippen LogP contribution in [0.1, 0.15) is 6.42 Å². The van der Waals surface area contributed by atoms with E-state index in [2.05, 4.69) is 12.2 Å². The SMILES string of the molecule is OCC1=CC(CO)C2=C1C1=CC=C2C1. The molecule has 0 spiro atoms. The van der Waals surface area contributed by atoms with Gasteiger partial charge in [-0.15, -0.1) is 0 Å². The Kier molecular flexibility index (Phi) is 1.58. The molecule has 0 aromatic carbocycles. The number of rotatable bonds is 2. The van der Waals surface area contributed by atoms with Gasteiger partial charge in [0.1, 0.15) is 0 Å². The van der Waals surface area contributed by atoms with Crippen LogP contribution in [0.4, 0.5) is 0 Å². The van der Waals surface area contributed by atoms with Gasteiger partial charge in [0.25, 0.3) is 0 Å². The van der Waals surface area contributed by atoms with Crippen LogP contribution in [0.2, 0.25) is 0 Å². The van der Waals surface area contributed by atoms with Gasteiger partial charge >= 0.3 is 0 Å². The van der Waals surface area contributed by atoms with Gasteiger partial charge in [-0.3, -0.25) is 0 Å². The predicted octanol–water partition coefficient (Wildman–Crippen LogP) is 1.09. The van der Waals surface area contributed by atoms with Crippen LogP contribution in [-0.2, 0) is 0 Å². The summed E-state index contributed by atoms with van der Waals surface area (Å²) < 4.78 is 0. The molecular formula is C12H12O2. The van der Waals surface area contributed by atoms with E-state index in [1.54, 1.807) is 0 Å².